The molecule has 0 aromatic carbocycles. The van der Waals surface area contributed by atoms with Crippen molar-refractivity contribution in [3.05, 3.63) is 41.5 Å². The van der Waals surface area contributed by atoms with E-state index in [1.165, 1.54) is 0 Å². The van der Waals surface area contributed by atoms with Crippen molar-refractivity contribution < 1.29 is 0 Å². The molecule has 4 heteroatoms. The zero-order valence-corrected chi connectivity index (χ0v) is 11.4. The number of rotatable bonds is 4. The first kappa shape index (κ1) is 12.8. The highest BCUT2D eigenvalue weighted by atomic mass is 15.3. The van der Waals surface area contributed by atoms with Gasteiger partial charge in [-0.25, -0.2) is 4.68 Å². The molecule has 96 valence electrons. The topological polar surface area (TPSA) is 42.7 Å². The number of pyridine rings is 1. The quantitative estimate of drug-likeness (QED) is 0.898. The largest absolute Gasteiger partial charge is 0.312 e. The van der Waals surface area contributed by atoms with Gasteiger partial charge < -0.3 is 5.32 Å². The summed E-state index contributed by atoms with van der Waals surface area (Å²) in [6.07, 6.45) is 2.91. The summed E-state index contributed by atoms with van der Waals surface area (Å²) >= 11 is 0. The molecular weight excluding hydrogens is 224 g/mol. The highest BCUT2D eigenvalue weighted by Gasteiger charge is 2.09. The first-order chi connectivity index (χ1) is 8.65. The van der Waals surface area contributed by atoms with Crippen LogP contribution in [0.4, 0.5) is 0 Å². The molecule has 4 nitrogen and oxygen atoms in total. The van der Waals surface area contributed by atoms with Gasteiger partial charge in [0.25, 0.3) is 0 Å². The SMILES string of the molecule is CCC(NC)c1ccc(-n2nc(C)cc2C)cn1. The Morgan fingerprint density at radius 2 is 2.11 bits per heavy atom. The second-order valence-corrected chi connectivity index (χ2v) is 4.53. The molecule has 1 N–H and O–H groups in total. The Kier molecular flexibility index (Phi) is 3.77. The lowest BCUT2D eigenvalue weighted by molar-refractivity contribution is 0.561. The maximum atomic E-state index is 4.52. The maximum Gasteiger partial charge on any atom is 0.0832 e. The Morgan fingerprint density at radius 1 is 1.33 bits per heavy atom. The molecule has 0 saturated heterocycles. The fourth-order valence-corrected chi connectivity index (χ4v) is 2.18. The van der Waals surface area contributed by atoms with Gasteiger partial charge in [-0.2, -0.15) is 5.10 Å². The lowest BCUT2D eigenvalue weighted by atomic mass is 10.1. The van der Waals surface area contributed by atoms with Gasteiger partial charge in [-0.3, -0.25) is 4.98 Å². The van der Waals surface area contributed by atoms with E-state index in [4.69, 9.17) is 0 Å². The predicted octanol–water partition coefficient (Wildman–Crippen LogP) is 2.55. The summed E-state index contributed by atoms with van der Waals surface area (Å²) in [6.45, 7) is 6.20. The third-order valence-electron chi connectivity index (χ3n) is 3.14. The van der Waals surface area contributed by atoms with E-state index in [-0.39, 0.29) is 0 Å². The molecule has 0 amide bonds. The van der Waals surface area contributed by atoms with Crippen LogP contribution in [0.2, 0.25) is 0 Å². The number of aryl methyl sites for hydroxylation is 2. The average molecular weight is 244 g/mol. The van der Waals surface area contributed by atoms with E-state index in [2.05, 4.69) is 47.4 Å². The number of nitrogens with one attached hydrogen (secondary N) is 1. The smallest absolute Gasteiger partial charge is 0.0832 e. The average Bonchev–Trinajstić information content (AvgIpc) is 2.71. The molecule has 0 aliphatic heterocycles. The van der Waals surface area contributed by atoms with Crippen LogP contribution in [0.3, 0.4) is 0 Å². The van der Waals surface area contributed by atoms with Crippen LogP contribution in [0.15, 0.2) is 24.4 Å². The summed E-state index contributed by atoms with van der Waals surface area (Å²) in [5, 5.41) is 7.71. The molecule has 2 aromatic heterocycles. The Morgan fingerprint density at radius 3 is 2.56 bits per heavy atom. The minimum absolute atomic E-state index is 0.319. The first-order valence-electron chi connectivity index (χ1n) is 6.32. The number of aromatic nitrogens is 3. The molecule has 1 atom stereocenters. The van der Waals surface area contributed by atoms with Gasteiger partial charge in [0, 0.05) is 11.7 Å². The lowest BCUT2D eigenvalue weighted by Gasteiger charge is -2.13. The second kappa shape index (κ2) is 5.31. The van der Waals surface area contributed by atoms with Crippen molar-refractivity contribution in [2.24, 2.45) is 0 Å². The normalized spacial score (nSPS) is 12.7. The Bertz CT molecular complexity index is 509. The van der Waals surface area contributed by atoms with Gasteiger partial charge in [0.2, 0.25) is 0 Å². The summed E-state index contributed by atoms with van der Waals surface area (Å²) in [5.74, 6) is 0. The van der Waals surface area contributed by atoms with Crippen LogP contribution in [-0.2, 0) is 0 Å². The van der Waals surface area contributed by atoms with Crippen LogP contribution in [0.25, 0.3) is 5.69 Å². The minimum atomic E-state index is 0.319. The Labute approximate surface area is 108 Å². The molecule has 18 heavy (non-hydrogen) atoms. The molecule has 2 aromatic rings. The van der Waals surface area contributed by atoms with E-state index < -0.39 is 0 Å². The van der Waals surface area contributed by atoms with Gasteiger partial charge in [-0.15, -0.1) is 0 Å². The van der Waals surface area contributed by atoms with E-state index in [1.807, 2.05) is 24.9 Å². The molecule has 0 fully saturated rings. The Hall–Kier alpha value is -1.68. The molecule has 2 rings (SSSR count). The molecule has 0 aliphatic carbocycles. The fraction of sp³-hybridized carbons (Fsp3) is 0.429. The van der Waals surface area contributed by atoms with Gasteiger partial charge in [0.05, 0.1) is 23.3 Å². The third-order valence-corrected chi connectivity index (χ3v) is 3.14. The van der Waals surface area contributed by atoms with E-state index in [1.54, 1.807) is 0 Å². The summed E-state index contributed by atoms with van der Waals surface area (Å²) in [6, 6.07) is 6.52. The number of hydrogen-bond donors (Lipinski definition) is 1. The van der Waals surface area contributed by atoms with E-state index in [0.29, 0.717) is 6.04 Å². The molecular formula is C14H20N4. The molecule has 0 spiro atoms. The molecule has 0 bridgehead atoms. The van der Waals surface area contributed by atoms with Crippen LogP contribution in [0, 0.1) is 13.8 Å². The van der Waals surface area contributed by atoms with E-state index in [0.717, 1.165) is 29.2 Å². The summed E-state index contributed by atoms with van der Waals surface area (Å²) < 4.78 is 1.92. The van der Waals surface area contributed by atoms with Crippen molar-refractivity contribution in [3.8, 4) is 5.69 Å². The van der Waals surface area contributed by atoms with Gasteiger partial charge >= 0.3 is 0 Å². The van der Waals surface area contributed by atoms with Crippen LogP contribution < -0.4 is 5.32 Å². The van der Waals surface area contributed by atoms with Gasteiger partial charge in [0.1, 0.15) is 0 Å². The highest BCUT2D eigenvalue weighted by Crippen LogP contribution is 2.16. The van der Waals surface area contributed by atoms with Crippen molar-refractivity contribution in [1.29, 1.82) is 0 Å². The van der Waals surface area contributed by atoms with Crippen molar-refractivity contribution >= 4 is 0 Å². The highest BCUT2D eigenvalue weighted by molar-refractivity contribution is 5.32. The van der Waals surface area contributed by atoms with Crippen LogP contribution >= 0.6 is 0 Å². The van der Waals surface area contributed by atoms with Crippen molar-refractivity contribution in [3.63, 3.8) is 0 Å². The van der Waals surface area contributed by atoms with Gasteiger partial charge in [-0.05, 0) is 45.5 Å². The standard InChI is InChI=1S/C14H20N4/c1-5-13(15-4)14-7-6-12(9-16-14)18-11(3)8-10(2)17-18/h6-9,13,15H,5H2,1-4H3. The molecule has 0 radical (unpaired) electrons. The maximum absolute atomic E-state index is 4.52. The Balaban J connectivity index is 2.30. The van der Waals surface area contributed by atoms with Gasteiger partial charge in [0.15, 0.2) is 0 Å². The molecule has 0 saturated carbocycles. The summed E-state index contributed by atoms with van der Waals surface area (Å²) in [7, 11) is 1.96. The summed E-state index contributed by atoms with van der Waals surface area (Å²) in [5.41, 5.74) is 4.24. The first-order valence-corrected chi connectivity index (χ1v) is 6.32. The monoisotopic (exact) mass is 244 g/mol. The van der Waals surface area contributed by atoms with Gasteiger partial charge in [-0.1, -0.05) is 6.92 Å². The summed E-state index contributed by atoms with van der Waals surface area (Å²) in [4.78, 5) is 4.52. The van der Waals surface area contributed by atoms with Crippen molar-refractivity contribution in [2.45, 2.75) is 33.2 Å². The molecule has 1 unspecified atom stereocenters. The van der Waals surface area contributed by atoms with Crippen LogP contribution in [-0.4, -0.2) is 21.8 Å². The molecule has 0 aliphatic rings. The van der Waals surface area contributed by atoms with Crippen molar-refractivity contribution in [2.75, 3.05) is 7.05 Å². The lowest BCUT2D eigenvalue weighted by Crippen LogP contribution is -2.16. The van der Waals surface area contributed by atoms with E-state index >= 15 is 0 Å². The van der Waals surface area contributed by atoms with Crippen LogP contribution in [0.5, 0.6) is 0 Å². The molecule has 2 heterocycles. The second-order valence-electron chi connectivity index (χ2n) is 4.53. The third kappa shape index (κ3) is 2.43. The number of nitrogens with zero attached hydrogens (tertiary/aromatic N) is 3. The van der Waals surface area contributed by atoms with Crippen LogP contribution in [0.1, 0.15) is 36.5 Å². The van der Waals surface area contributed by atoms with E-state index in [9.17, 15) is 0 Å². The fourth-order valence-electron chi connectivity index (χ4n) is 2.18. The number of hydrogen-bond acceptors (Lipinski definition) is 3. The zero-order valence-electron chi connectivity index (χ0n) is 11.4. The predicted molar refractivity (Wildman–Crippen MR) is 72.9 cm³/mol. The minimum Gasteiger partial charge on any atom is -0.312 e. The zero-order chi connectivity index (χ0) is 13.1. The van der Waals surface area contributed by atoms with Crippen molar-refractivity contribution in [1.82, 2.24) is 20.1 Å².